The topological polar surface area (TPSA) is 26.0 Å². The maximum atomic E-state index is 13.0. The molecule has 3 heteroatoms. The number of hydrogen-bond acceptors (Lipinski definition) is 2. The fraction of sp³-hybridized carbons (Fsp3) is 0.364. The fourth-order valence-corrected chi connectivity index (χ4v) is 1.17. The molecule has 0 unspecified atom stereocenters. The van der Waals surface area contributed by atoms with Crippen LogP contribution in [0.1, 0.15) is 25.3 Å². The van der Waals surface area contributed by atoms with Crippen molar-refractivity contribution in [2.24, 2.45) is 0 Å². The number of hydrogen-bond donors (Lipinski definition) is 0. The molecular weight excluding hydrogens is 181 g/mol. The van der Waals surface area contributed by atoms with Crippen LogP contribution < -0.4 is 0 Å². The second kappa shape index (κ2) is 4.22. The van der Waals surface area contributed by atoms with Crippen molar-refractivity contribution in [3.8, 4) is 0 Å². The zero-order chi connectivity index (χ0) is 10.7. The summed E-state index contributed by atoms with van der Waals surface area (Å²) in [4.78, 5) is 4.08. The van der Waals surface area contributed by atoms with Gasteiger partial charge in [-0.1, -0.05) is 13.8 Å². The van der Waals surface area contributed by atoms with Gasteiger partial charge in [0.2, 0.25) is 0 Å². The summed E-state index contributed by atoms with van der Waals surface area (Å²) in [7, 11) is 0. The van der Waals surface area contributed by atoms with E-state index in [1.54, 1.807) is 19.9 Å². The molecular formula is C11H14FNO. The molecule has 76 valence electrons. The molecule has 0 bridgehead atoms. The molecule has 0 fully saturated rings. The molecule has 14 heavy (non-hydrogen) atoms. The molecule has 0 N–H and O–H groups in total. The Hall–Kier alpha value is -1.38. The van der Waals surface area contributed by atoms with Crippen molar-refractivity contribution in [2.45, 2.75) is 27.7 Å². The Bertz CT molecular complexity index is 395. The monoisotopic (exact) mass is 195 g/mol. The van der Waals surface area contributed by atoms with Crippen molar-refractivity contribution in [3.05, 3.63) is 29.4 Å². The van der Waals surface area contributed by atoms with Crippen LogP contribution in [0.15, 0.2) is 16.5 Å². The highest BCUT2D eigenvalue weighted by Crippen LogP contribution is 2.18. The van der Waals surface area contributed by atoms with Gasteiger partial charge in [-0.05, 0) is 18.6 Å². The Labute approximate surface area is 82.8 Å². The van der Waals surface area contributed by atoms with Crippen LogP contribution in [0, 0.1) is 19.7 Å². The first-order valence-electron chi connectivity index (χ1n) is 4.70. The van der Waals surface area contributed by atoms with Crippen LogP contribution in [0.3, 0.4) is 0 Å². The first-order valence-corrected chi connectivity index (χ1v) is 4.70. The summed E-state index contributed by atoms with van der Waals surface area (Å²) in [5.74, 6) is 0.314. The Morgan fingerprint density at radius 1 is 1.21 bits per heavy atom. The molecule has 0 saturated carbocycles. The van der Waals surface area contributed by atoms with Gasteiger partial charge in [-0.25, -0.2) is 9.37 Å². The third-order valence-corrected chi connectivity index (χ3v) is 1.78. The largest absolute Gasteiger partial charge is 0.441 e. The molecule has 0 amide bonds. The van der Waals surface area contributed by atoms with Gasteiger partial charge in [-0.3, -0.25) is 0 Å². The Balaban J connectivity index is 0.000000461. The van der Waals surface area contributed by atoms with Crippen LogP contribution >= 0.6 is 0 Å². The standard InChI is InChI=1S/C9H8FNO.C2H6/c1-5-3-8-9(4-7(5)10)12-6(2)11-8;1-2/h3-4H,1-2H3;1-2H3. The Kier molecular flexibility index (Phi) is 3.23. The highest BCUT2D eigenvalue weighted by molar-refractivity contribution is 5.73. The molecule has 0 aliphatic carbocycles. The van der Waals surface area contributed by atoms with Gasteiger partial charge in [0.05, 0.1) is 0 Å². The maximum absolute atomic E-state index is 13.0. The molecule has 2 rings (SSSR count). The van der Waals surface area contributed by atoms with Crippen LogP contribution in [-0.4, -0.2) is 4.98 Å². The highest BCUT2D eigenvalue weighted by Gasteiger charge is 2.05. The molecule has 1 heterocycles. The van der Waals surface area contributed by atoms with Crippen LogP contribution in [0.4, 0.5) is 4.39 Å². The summed E-state index contributed by atoms with van der Waals surface area (Å²) < 4.78 is 18.1. The van der Waals surface area contributed by atoms with Gasteiger partial charge in [0, 0.05) is 13.0 Å². The fourth-order valence-electron chi connectivity index (χ4n) is 1.17. The first-order chi connectivity index (χ1) is 6.66. The lowest BCUT2D eigenvalue weighted by Crippen LogP contribution is -1.80. The predicted molar refractivity (Wildman–Crippen MR) is 54.8 cm³/mol. The number of oxazole rings is 1. The van der Waals surface area contributed by atoms with E-state index in [1.807, 2.05) is 13.8 Å². The molecule has 2 nitrogen and oxygen atoms in total. The van der Waals surface area contributed by atoms with E-state index in [9.17, 15) is 4.39 Å². The molecule has 2 aromatic rings. The average Bonchev–Trinajstić information content (AvgIpc) is 2.49. The SMILES string of the molecule is CC.Cc1nc2cc(C)c(F)cc2o1. The highest BCUT2D eigenvalue weighted by atomic mass is 19.1. The third kappa shape index (κ3) is 1.92. The number of aromatic nitrogens is 1. The van der Waals surface area contributed by atoms with Gasteiger partial charge in [0.15, 0.2) is 11.5 Å². The second-order valence-electron chi connectivity index (χ2n) is 2.80. The molecule has 1 aromatic carbocycles. The number of aryl methyl sites for hydroxylation is 2. The second-order valence-corrected chi connectivity index (χ2v) is 2.80. The van der Waals surface area contributed by atoms with Gasteiger partial charge < -0.3 is 4.42 Å². The van der Waals surface area contributed by atoms with Crippen LogP contribution in [0.2, 0.25) is 0 Å². The van der Waals surface area contributed by atoms with Gasteiger partial charge in [-0.15, -0.1) is 0 Å². The number of halogens is 1. The minimum atomic E-state index is -0.251. The molecule has 0 saturated heterocycles. The van der Waals surface area contributed by atoms with Crippen molar-refractivity contribution in [2.75, 3.05) is 0 Å². The number of benzene rings is 1. The van der Waals surface area contributed by atoms with Gasteiger partial charge >= 0.3 is 0 Å². The van der Waals surface area contributed by atoms with Crippen molar-refractivity contribution < 1.29 is 8.81 Å². The van der Waals surface area contributed by atoms with Crippen LogP contribution in [0.25, 0.3) is 11.1 Å². The molecule has 0 aliphatic rings. The van der Waals surface area contributed by atoms with E-state index in [1.165, 1.54) is 6.07 Å². The summed E-state index contributed by atoms with van der Waals surface area (Å²) in [5, 5.41) is 0. The molecule has 0 spiro atoms. The van der Waals surface area contributed by atoms with E-state index in [-0.39, 0.29) is 5.82 Å². The first kappa shape index (κ1) is 10.7. The molecule has 1 aromatic heterocycles. The lowest BCUT2D eigenvalue weighted by atomic mass is 10.2. The predicted octanol–water partition coefficient (Wildman–Crippen LogP) is 3.61. The van der Waals surface area contributed by atoms with Crippen molar-refractivity contribution in [1.29, 1.82) is 0 Å². The molecule has 0 atom stereocenters. The summed E-state index contributed by atoms with van der Waals surface area (Å²) in [6.07, 6.45) is 0. The van der Waals surface area contributed by atoms with Crippen LogP contribution in [0.5, 0.6) is 0 Å². The smallest absolute Gasteiger partial charge is 0.192 e. The van der Waals surface area contributed by atoms with Crippen molar-refractivity contribution in [1.82, 2.24) is 4.98 Å². The van der Waals surface area contributed by atoms with Gasteiger partial charge in [0.1, 0.15) is 11.3 Å². The van der Waals surface area contributed by atoms with Gasteiger partial charge in [-0.2, -0.15) is 0 Å². The summed E-state index contributed by atoms with van der Waals surface area (Å²) in [5.41, 5.74) is 1.82. The third-order valence-electron chi connectivity index (χ3n) is 1.78. The number of rotatable bonds is 0. The molecule has 0 aliphatic heterocycles. The quantitative estimate of drug-likeness (QED) is 0.641. The van der Waals surface area contributed by atoms with E-state index in [0.717, 1.165) is 0 Å². The van der Waals surface area contributed by atoms with Crippen LogP contribution in [-0.2, 0) is 0 Å². The van der Waals surface area contributed by atoms with E-state index < -0.39 is 0 Å². The van der Waals surface area contributed by atoms with Crippen molar-refractivity contribution >= 4 is 11.1 Å². The van der Waals surface area contributed by atoms with E-state index in [0.29, 0.717) is 22.6 Å². The van der Waals surface area contributed by atoms with Gasteiger partial charge in [0.25, 0.3) is 0 Å². The minimum absolute atomic E-state index is 0.251. The zero-order valence-corrected chi connectivity index (χ0v) is 8.89. The van der Waals surface area contributed by atoms with Crippen molar-refractivity contribution in [3.63, 3.8) is 0 Å². The lowest BCUT2D eigenvalue weighted by molar-refractivity contribution is 0.555. The van der Waals surface area contributed by atoms with E-state index in [2.05, 4.69) is 4.98 Å². The number of nitrogens with zero attached hydrogens (tertiary/aromatic N) is 1. The summed E-state index contributed by atoms with van der Waals surface area (Å²) in [6.45, 7) is 7.45. The Morgan fingerprint density at radius 2 is 1.86 bits per heavy atom. The van der Waals surface area contributed by atoms with E-state index in [4.69, 9.17) is 4.42 Å². The Morgan fingerprint density at radius 3 is 2.50 bits per heavy atom. The summed E-state index contributed by atoms with van der Waals surface area (Å²) in [6, 6.07) is 3.05. The molecule has 0 radical (unpaired) electrons. The minimum Gasteiger partial charge on any atom is -0.441 e. The van der Waals surface area contributed by atoms with E-state index >= 15 is 0 Å². The summed E-state index contributed by atoms with van der Waals surface area (Å²) >= 11 is 0. The number of fused-ring (bicyclic) bond motifs is 1. The maximum Gasteiger partial charge on any atom is 0.192 e. The lowest BCUT2D eigenvalue weighted by Gasteiger charge is -1.92. The average molecular weight is 195 g/mol. The zero-order valence-electron chi connectivity index (χ0n) is 8.89. The normalized spacial score (nSPS) is 9.79.